The molecule has 0 aromatic rings. The Hall–Kier alpha value is -1.66. The molecule has 0 aromatic carbocycles. The number of amides is 1. The Kier molecular flexibility index (Phi) is 67.4. The lowest BCUT2D eigenvalue weighted by Crippen LogP contribution is -2.45. The van der Waals surface area contributed by atoms with Gasteiger partial charge in [-0.3, -0.25) is 9.59 Å². The molecule has 6 nitrogen and oxygen atoms in total. The maximum absolute atomic E-state index is 12.5. The number of carbonyl (C=O) groups excluding carboxylic acids is 2. The predicted octanol–water partition coefficient (Wildman–Crippen LogP) is 23.3. The number of aliphatic hydroxyl groups is 2. The summed E-state index contributed by atoms with van der Waals surface area (Å²) in [6, 6.07) is -0.537. The molecule has 0 aliphatic rings. The Morgan fingerprint density at radius 2 is 0.646 bits per heavy atom. The van der Waals surface area contributed by atoms with Crippen LogP contribution in [0.25, 0.3) is 0 Å². The fraction of sp³-hybridized carbons (Fsp3) is 0.918. The highest BCUT2D eigenvalue weighted by Crippen LogP contribution is 2.19. The summed E-state index contributed by atoms with van der Waals surface area (Å²) in [5.74, 6) is -0.0195. The zero-order valence-electron chi connectivity index (χ0n) is 53.6. The van der Waals surface area contributed by atoms with Gasteiger partial charge in [-0.1, -0.05) is 366 Å². The summed E-state index contributed by atoms with van der Waals surface area (Å²) in [7, 11) is 0. The zero-order chi connectivity index (χ0) is 57.1. The number of hydrogen-bond donors (Lipinski definition) is 3. The van der Waals surface area contributed by atoms with E-state index in [-0.39, 0.29) is 18.5 Å². The van der Waals surface area contributed by atoms with Gasteiger partial charge in [0.1, 0.15) is 0 Å². The Labute approximate surface area is 494 Å². The molecule has 6 heteroatoms. The third kappa shape index (κ3) is 65.4. The normalized spacial score (nSPS) is 12.6. The van der Waals surface area contributed by atoms with Crippen LogP contribution in [0.5, 0.6) is 0 Å². The van der Waals surface area contributed by atoms with Crippen LogP contribution in [-0.2, 0) is 14.3 Å². The number of unbranched alkanes of at least 4 members (excludes halogenated alkanes) is 53. The van der Waals surface area contributed by atoms with Gasteiger partial charge in [0.05, 0.1) is 25.4 Å². The third-order valence-corrected chi connectivity index (χ3v) is 17.0. The summed E-state index contributed by atoms with van der Waals surface area (Å²) in [5.41, 5.74) is 0. The van der Waals surface area contributed by atoms with Gasteiger partial charge >= 0.3 is 5.97 Å². The Morgan fingerprint density at radius 3 is 1.00 bits per heavy atom. The van der Waals surface area contributed by atoms with E-state index in [9.17, 15) is 19.8 Å². The van der Waals surface area contributed by atoms with E-state index in [1.54, 1.807) is 0 Å². The van der Waals surface area contributed by atoms with Gasteiger partial charge in [-0.2, -0.15) is 0 Å². The molecule has 0 radical (unpaired) electrons. The van der Waals surface area contributed by atoms with Crippen molar-refractivity contribution >= 4 is 11.9 Å². The van der Waals surface area contributed by atoms with Crippen molar-refractivity contribution in [2.24, 2.45) is 0 Å². The first kappa shape index (κ1) is 77.3. The SMILES string of the molecule is CCCC/C=C\C/C=C\CCCCCCCC(=O)OCCCCCCCCCCCCCCCCCCCCCCCCCCCCCCCCCCCC(=O)NC(CO)C(O)CCCCCCCCCCCCCCCCC. The maximum Gasteiger partial charge on any atom is 0.305 e. The van der Waals surface area contributed by atoms with Crippen LogP contribution < -0.4 is 5.32 Å². The third-order valence-electron chi connectivity index (χ3n) is 17.0. The van der Waals surface area contributed by atoms with Crippen molar-refractivity contribution in [2.45, 2.75) is 418 Å². The van der Waals surface area contributed by atoms with Gasteiger partial charge in [-0.05, 0) is 51.4 Å². The van der Waals surface area contributed by atoms with Crippen LogP contribution in [0, 0.1) is 0 Å². The van der Waals surface area contributed by atoms with Crippen LogP contribution in [0.2, 0.25) is 0 Å². The molecule has 0 saturated heterocycles. The molecule has 0 aliphatic carbocycles. The first-order chi connectivity index (χ1) is 39.0. The van der Waals surface area contributed by atoms with Gasteiger partial charge in [-0.15, -0.1) is 0 Å². The minimum atomic E-state index is -0.660. The number of rotatable bonds is 68. The predicted molar refractivity (Wildman–Crippen MR) is 347 cm³/mol. The second-order valence-corrected chi connectivity index (χ2v) is 24.9. The molecule has 3 N–H and O–H groups in total. The van der Waals surface area contributed by atoms with Crippen LogP contribution in [0.1, 0.15) is 406 Å². The van der Waals surface area contributed by atoms with Gasteiger partial charge in [0, 0.05) is 12.8 Å². The van der Waals surface area contributed by atoms with Crippen LogP contribution in [-0.4, -0.2) is 47.4 Å². The number of carbonyl (C=O) groups is 2. The Balaban J connectivity index is 3.31. The fourth-order valence-electron chi connectivity index (χ4n) is 11.5. The van der Waals surface area contributed by atoms with Crippen molar-refractivity contribution in [2.75, 3.05) is 13.2 Å². The van der Waals surface area contributed by atoms with E-state index in [2.05, 4.69) is 43.5 Å². The van der Waals surface area contributed by atoms with Crippen LogP contribution in [0.3, 0.4) is 0 Å². The van der Waals surface area contributed by atoms with Gasteiger partial charge in [0.15, 0.2) is 0 Å². The first-order valence-electron chi connectivity index (χ1n) is 36.1. The van der Waals surface area contributed by atoms with E-state index < -0.39 is 12.1 Å². The summed E-state index contributed by atoms with van der Waals surface area (Å²) < 4.78 is 5.49. The molecule has 0 heterocycles. The van der Waals surface area contributed by atoms with Crippen molar-refractivity contribution in [1.82, 2.24) is 5.32 Å². The minimum Gasteiger partial charge on any atom is -0.466 e. The lowest BCUT2D eigenvalue weighted by atomic mass is 10.0. The molecule has 79 heavy (non-hydrogen) atoms. The van der Waals surface area contributed by atoms with Gasteiger partial charge in [-0.25, -0.2) is 0 Å². The summed E-state index contributed by atoms with van der Waals surface area (Å²) in [4.78, 5) is 24.6. The average Bonchev–Trinajstić information content (AvgIpc) is 3.45. The molecule has 0 bridgehead atoms. The number of ether oxygens (including phenoxy) is 1. The molecule has 0 saturated carbocycles. The van der Waals surface area contributed by atoms with Crippen LogP contribution in [0.15, 0.2) is 24.3 Å². The van der Waals surface area contributed by atoms with E-state index in [1.165, 1.54) is 321 Å². The van der Waals surface area contributed by atoms with E-state index in [4.69, 9.17) is 4.74 Å². The number of hydrogen-bond acceptors (Lipinski definition) is 5. The molecule has 468 valence electrons. The largest absolute Gasteiger partial charge is 0.466 e. The van der Waals surface area contributed by atoms with E-state index in [0.29, 0.717) is 25.9 Å². The van der Waals surface area contributed by atoms with Gasteiger partial charge < -0.3 is 20.3 Å². The van der Waals surface area contributed by atoms with E-state index in [1.807, 2.05) is 0 Å². The smallest absolute Gasteiger partial charge is 0.305 e. The summed E-state index contributed by atoms with van der Waals surface area (Å²) in [6.45, 7) is 4.94. The average molecular weight is 1110 g/mol. The number of aliphatic hydroxyl groups excluding tert-OH is 2. The molecule has 0 aliphatic heterocycles. The maximum atomic E-state index is 12.5. The highest BCUT2D eigenvalue weighted by Gasteiger charge is 2.20. The molecule has 0 fully saturated rings. The second-order valence-electron chi connectivity index (χ2n) is 24.9. The highest BCUT2D eigenvalue weighted by atomic mass is 16.5. The van der Waals surface area contributed by atoms with E-state index >= 15 is 0 Å². The lowest BCUT2D eigenvalue weighted by Gasteiger charge is -2.22. The molecule has 1 amide bonds. The number of allylic oxidation sites excluding steroid dienone is 4. The van der Waals surface area contributed by atoms with Gasteiger partial charge in [0.2, 0.25) is 5.91 Å². The fourth-order valence-corrected chi connectivity index (χ4v) is 11.5. The van der Waals surface area contributed by atoms with Crippen molar-refractivity contribution in [1.29, 1.82) is 0 Å². The number of esters is 1. The second kappa shape index (κ2) is 68.8. The highest BCUT2D eigenvalue weighted by molar-refractivity contribution is 5.76. The van der Waals surface area contributed by atoms with E-state index in [0.717, 1.165) is 51.4 Å². The molecule has 0 spiro atoms. The zero-order valence-corrected chi connectivity index (χ0v) is 53.6. The Morgan fingerprint density at radius 1 is 0.354 bits per heavy atom. The molecule has 2 unspecified atom stereocenters. The molecular weight excluding hydrogens is 971 g/mol. The molecule has 0 aromatic heterocycles. The van der Waals surface area contributed by atoms with Gasteiger partial charge in [0.25, 0.3) is 0 Å². The molecule has 0 rings (SSSR count). The van der Waals surface area contributed by atoms with Crippen molar-refractivity contribution < 1.29 is 24.5 Å². The Bertz CT molecular complexity index is 1230. The minimum absolute atomic E-state index is 0.00757. The van der Waals surface area contributed by atoms with Crippen molar-refractivity contribution in [3.63, 3.8) is 0 Å². The standard InChI is InChI=1S/C73H141NO5/c1-3-5-7-9-11-13-15-17-38-41-45-49-53-57-61-65-71(76)70(69-75)74-72(77)66-62-58-54-50-46-42-39-36-34-32-30-28-26-24-22-20-19-21-23-25-27-29-31-33-35-37-40-44-48-52-56-60-64-68-79-73(78)67-63-59-55-51-47-43-18-16-14-12-10-8-6-4-2/h10,12,16,18,70-71,75-76H,3-9,11,13-15,17,19-69H2,1-2H3,(H,74,77)/b12-10-,18-16-. The van der Waals surface area contributed by atoms with Crippen LogP contribution in [0.4, 0.5) is 0 Å². The van der Waals surface area contributed by atoms with Crippen LogP contribution >= 0.6 is 0 Å². The topological polar surface area (TPSA) is 95.9 Å². The monoisotopic (exact) mass is 1110 g/mol. The number of nitrogens with one attached hydrogen (secondary N) is 1. The van der Waals surface area contributed by atoms with Crippen molar-refractivity contribution in [3.8, 4) is 0 Å². The first-order valence-corrected chi connectivity index (χ1v) is 36.1. The molecular formula is C73H141NO5. The lowest BCUT2D eigenvalue weighted by molar-refractivity contribution is -0.143. The summed E-state index contributed by atoms with van der Waals surface area (Å²) in [5, 5.41) is 23.3. The summed E-state index contributed by atoms with van der Waals surface area (Å²) in [6.07, 6.45) is 86.7. The molecule has 2 atom stereocenters. The van der Waals surface area contributed by atoms with Crippen molar-refractivity contribution in [3.05, 3.63) is 24.3 Å². The quantitative estimate of drug-likeness (QED) is 0.0320. The summed E-state index contributed by atoms with van der Waals surface area (Å²) >= 11 is 0.